The molecular weight excluding hydrogens is 751 g/mol. The molecule has 0 N–H and O–H groups in total. The van der Waals surface area contributed by atoms with Crippen LogP contribution in [0.5, 0.6) is 0 Å². The van der Waals surface area contributed by atoms with Crippen molar-refractivity contribution in [2.75, 3.05) is 59.3 Å². The molecule has 0 saturated heterocycles. The predicted molar refractivity (Wildman–Crippen MR) is 259 cm³/mol. The summed E-state index contributed by atoms with van der Waals surface area (Å²) < 4.78 is 25.1. The van der Waals surface area contributed by atoms with Gasteiger partial charge in [0.2, 0.25) is 0 Å². The van der Waals surface area contributed by atoms with Crippen molar-refractivity contribution in [3.8, 4) is 0 Å². The third kappa shape index (κ3) is 16.3. The molecule has 0 spiro atoms. The van der Waals surface area contributed by atoms with Gasteiger partial charge in [-0.05, 0) is 136 Å². The number of hydrogen-bond acceptors (Lipinski definition) is 5. The molecule has 5 aliphatic rings. The summed E-state index contributed by atoms with van der Waals surface area (Å²) in [6.07, 6.45) is 47.3. The Morgan fingerprint density at radius 1 is 0.721 bits per heavy atom. The summed E-state index contributed by atoms with van der Waals surface area (Å²) in [5.74, 6) is 5.36. The van der Waals surface area contributed by atoms with Gasteiger partial charge in [-0.1, -0.05) is 147 Å². The van der Waals surface area contributed by atoms with E-state index in [1.165, 1.54) is 128 Å². The van der Waals surface area contributed by atoms with Crippen LogP contribution in [-0.2, 0) is 18.9 Å². The van der Waals surface area contributed by atoms with Gasteiger partial charge in [-0.15, -0.1) is 0 Å². The van der Waals surface area contributed by atoms with E-state index < -0.39 is 0 Å². The lowest BCUT2D eigenvalue weighted by Crippen LogP contribution is -2.51. The third-order valence-corrected chi connectivity index (χ3v) is 16.6. The van der Waals surface area contributed by atoms with Crippen LogP contribution >= 0.6 is 0 Å². The first-order valence-electron chi connectivity index (χ1n) is 26.5. The van der Waals surface area contributed by atoms with Gasteiger partial charge < -0.3 is 18.9 Å². The van der Waals surface area contributed by atoms with Crippen LogP contribution in [0, 0.1) is 46.3 Å². The molecule has 350 valence electrons. The van der Waals surface area contributed by atoms with Gasteiger partial charge in [-0.2, -0.15) is 0 Å². The molecule has 5 rings (SSSR count). The molecule has 5 heteroatoms. The third-order valence-electron chi connectivity index (χ3n) is 16.6. The Morgan fingerprint density at radius 2 is 1.46 bits per heavy atom. The number of unbranched alkanes of at least 4 members (excludes halogenated alkanes) is 9. The lowest BCUT2D eigenvalue weighted by molar-refractivity contribution is -0.0730. The molecule has 0 amide bonds. The van der Waals surface area contributed by atoms with E-state index in [1.807, 2.05) is 0 Å². The number of nitrogens with zero attached hydrogens (tertiary/aromatic N) is 1. The second-order valence-electron chi connectivity index (χ2n) is 21.5. The van der Waals surface area contributed by atoms with Crippen LogP contribution in [0.4, 0.5) is 0 Å². The molecular formula is C56H97NO4. The number of hydrogen-bond donors (Lipinski definition) is 0. The average Bonchev–Trinajstić information content (AvgIpc) is 3.90. The molecule has 4 aliphatic carbocycles. The first-order chi connectivity index (χ1) is 29.7. The highest BCUT2D eigenvalue weighted by Crippen LogP contribution is 2.67. The van der Waals surface area contributed by atoms with Gasteiger partial charge in [-0.25, -0.2) is 0 Å². The Balaban J connectivity index is 0.901. The minimum Gasteiger partial charge on any atom is -0.379 e. The van der Waals surface area contributed by atoms with Gasteiger partial charge >= 0.3 is 0 Å². The quantitative estimate of drug-likeness (QED) is 0.0498. The zero-order valence-electron chi connectivity index (χ0n) is 40.9. The van der Waals surface area contributed by atoms with Crippen molar-refractivity contribution in [2.45, 2.75) is 201 Å². The van der Waals surface area contributed by atoms with Gasteiger partial charge in [0, 0.05) is 26.2 Å². The second-order valence-corrected chi connectivity index (χ2v) is 21.5. The van der Waals surface area contributed by atoms with E-state index in [0.717, 1.165) is 81.0 Å². The van der Waals surface area contributed by atoms with E-state index in [0.29, 0.717) is 50.0 Å². The summed E-state index contributed by atoms with van der Waals surface area (Å²) in [4.78, 5) is 2.44. The fraction of sp³-hybridized carbons (Fsp3) is 0.857. The Morgan fingerprint density at radius 3 is 2.23 bits per heavy atom. The van der Waals surface area contributed by atoms with Crippen LogP contribution in [0.25, 0.3) is 0 Å². The Kier molecular flexibility index (Phi) is 23.2. The summed E-state index contributed by atoms with van der Waals surface area (Å²) in [5.41, 5.74) is 2.67. The van der Waals surface area contributed by atoms with Crippen molar-refractivity contribution in [3.05, 3.63) is 48.1 Å². The van der Waals surface area contributed by atoms with E-state index in [4.69, 9.17) is 18.9 Å². The fourth-order valence-corrected chi connectivity index (χ4v) is 13.0. The van der Waals surface area contributed by atoms with Gasteiger partial charge in [-0.3, -0.25) is 4.90 Å². The molecule has 3 saturated carbocycles. The van der Waals surface area contributed by atoms with Gasteiger partial charge in [0.15, 0.2) is 0 Å². The fourth-order valence-electron chi connectivity index (χ4n) is 13.0. The first-order valence-corrected chi connectivity index (χ1v) is 26.5. The summed E-state index contributed by atoms with van der Waals surface area (Å²) >= 11 is 0. The van der Waals surface area contributed by atoms with Crippen molar-refractivity contribution >= 4 is 0 Å². The van der Waals surface area contributed by atoms with Crippen LogP contribution in [0.1, 0.15) is 189 Å². The van der Waals surface area contributed by atoms with Crippen LogP contribution in [0.3, 0.4) is 0 Å². The molecule has 0 radical (unpaired) electrons. The molecule has 0 aromatic rings. The van der Waals surface area contributed by atoms with Gasteiger partial charge in [0.05, 0.1) is 45.2 Å². The average molecular weight is 848 g/mol. The van der Waals surface area contributed by atoms with Crippen molar-refractivity contribution in [3.63, 3.8) is 0 Å². The van der Waals surface area contributed by atoms with Crippen molar-refractivity contribution < 1.29 is 18.9 Å². The lowest BCUT2D eigenvalue weighted by Gasteiger charge is -2.58. The van der Waals surface area contributed by atoms with Gasteiger partial charge in [0.25, 0.3) is 0 Å². The second kappa shape index (κ2) is 27.9. The molecule has 9 atom stereocenters. The Hall–Kier alpha value is -1.24. The van der Waals surface area contributed by atoms with Crippen molar-refractivity contribution in [1.29, 1.82) is 0 Å². The molecule has 1 aliphatic heterocycles. The number of ether oxygens (including phenoxy) is 4. The first kappa shape index (κ1) is 50.8. The number of fused-ring (bicyclic) bond motifs is 5. The van der Waals surface area contributed by atoms with E-state index in [-0.39, 0.29) is 6.10 Å². The Bertz CT molecular complexity index is 1300. The number of rotatable bonds is 32. The highest BCUT2D eigenvalue weighted by Gasteiger charge is 2.59. The monoisotopic (exact) mass is 848 g/mol. The highest BCUT2D eigenvalue weighted by atomic mass is 16.6. The predicted octanol–water partition coefficient (Wildman–Crippen LogP) is 14.5. The van der Waals surface area contributed by atoms with Gasteiger partial charge in [0.1, 0.15) is 0 Å². The normalized spacial score (nSPS) is 30.0. The molecule has 0 aromatic heterocycles. The van der Waals surface area contributed by atoms with E-state index in [9.17, 15) is 0 Å². The van der Waals surface area contributed by atoms with Crippen LogP contribution < -0.4 is 0 Å². The smallest absolute Gasteiger partial charge is 0.0936 e. The summed E-state index contributed by atoms with van der Waals surface area (Å²) in [6, 6.07) is 0. The maximum atomic E-state index is 6.50. The molecule has 61 heavy (non-hydrogen) atoms. The molecule has 0 aromatic carbocycles. The molecule has 3 fully saturated rings. The Labute approximate surface area is 377 Å². The highest BCUT2D eigenvalue weighted by molar-refractivity contribution is 5.25. The van der Waals surface area contributed by atoms with Crippen LogP contribution in [0.15, 0.2) is 48.1 Å². The molecule has 5 nitrogen and oxygen atoms in total. The number of allylic oxidation sites excluding steroid dienone is 5. The minimum absolute atomic E-state index is 0.0837. The zero-order chi connectivity index (χ0) is 43.2. The standard InChI is InChI=1S/C56H97NO4/c1-7-8-9-10-11-12-13-14-15-16-17-18-19-20-21-24-38-59-45-50(44-57-36-22-23-37-57)61-42-40-58-39-41-60-49-32-34-55(5)48(43-49)28-29-51-53-31-30-52(47(4)27-25-26-46(2)3)56(53,6)35-33-54(51)55/h11-12,14-15,22-23,28,46-47,49-54H,7-10,13,16-21,24-27,29-45H2,1-6H3/b12-11-,15-14-/t47-,49+,50?,51?,52-,53?,54?,55+,56-/m1/s1. The maximum absolute atomic E-state index is 6.50. The molecule has 1 heterocycles. The SMILES string of the molecule is CCCCC/C=C\C/C=C\CCCCCCCCOCC(CN1CC=CC1)OCCOCCO[C@H]1CC[C@@]2(C)C(=CCC3C2CC[C@@]2(C)C3CC[C@@H]2[C@H](C)CCCC(C)C)C1. The summed E-state index contributed by atoms with van der Waals surface area (Å²) in [6.45, 7) is 22.0. The topological polar surface area (TPSA) is 40.2 Å². The minimum atomic E-state index is 0.0837. The summed E-state index contributed by atoms with van der Waals surface area (Å²) in [7, 11) is 0. The van der Waals surface area contributed by atoms with Crippen LogP contribution in [-0.4, -0.2) is 76.4 Å². The zero-order valence-corrected chi connectivity index (χ0v) is 40.9. The van der Waals surface area contributed by atoms with E-state index in [2.05, 4.69) is 89.0 Å². The largest absolute Gasteiger partial charge is 0.379 e. The maximum Gasteiger partial charge on any atom is 0.0936 e. The molecule has 4 unspecified atom stereocenters. The van der Waals surface area contributed by atoms with Crippen molar-refractivity contribution in [2.24, 2.45) is 46.3 Å². The van der Waals surface area contributed by atoms with Crippen molar-refractivity contribution in [1.82, 2.24) is 4.90 Å². The lowest BCUT2D eigenvalue weighted by atomic mass is 9.47. The van der Waals surface area contributed by atoms with E-state index >= 15 is 0 Å². The van der Waals surface area contributed by atoms with E-state index in [1.54, 1.807) is 5.57 Å². The van der Waals surface area contributed by atoms with Crippen LogP contribution in [0.2, 0.25) is 0 Å². The molecule has 0 bridgehead atoms. The summed E-state index contributed by atoms with van der Waals surface area (Å²) in [5, 5.41) is 0.